The largest absolute Gasteiger partial charge is 0.466 e. The van der Waals surface area contributed by atoms with E-state index >= 15 is 0 Å². The Morgan fingerprint density at radius 2 is 1.44 bits per heavy atom. The molecule has 3 atom stereocenters. The average Bonchev–Trinajstić information content (AvgIpc) is 2.85. The van der Waals surface area contributed by atoms with E-state index in [9.17, 15) is 4.79 Å². The van der Waals surface area contributed by atoms with Crippen LogP contribution in [0.3, 0.4) is 0 Å². The van der Waals surface area contributed by atoms with E-state index in [2.05, 4.69) is 29.2 Å². The Bertz CT molecular complexity index is 719. The van der Waals surface area contributed by atoms with Crippen LogP contribution in [-0.4, -0.2) is 36.6 Å². The molecule has 0 aromatic heterocycles. The molecule has 0 spiro atoms. The molecule has 4 heteroatoms. The fraction of sp³-hybridized carbons (Fsp3) is 0.767. The highest BCUT2D eigenvalue weighted by atomic mass is 35.5. The molecule has 0 radical (unpaired) electrons. The molecule has 34 heavy (non-hydrogen) atoms. The van der Waals surface area contributed by atoms with Gasteiger partial charge in [0, 0.05) is 30.6 Å². The van der Waals surface area contributed by atoms with Crippen LogP contribution in [0.1, 0.15) is 108 Å². The van der Waals surface area contributed by atoms with Crippen molar-refractivity contribution in [1.82, 2.24) is 4.90 Å². The van der Waals surface area contributed by atoms with Gasteiger partial charge < -0.3 is 4.74 Å². The summed E-state index contributed by atoms with van der Waals surface area (Å²) in [6, 6.07) is 9.16. The predicted molar refractivity (Wildman–Crippen MR) is 141 cm³/mol. The third-order valence-corrected chi connectivity index (χ3v) is 9.14. The molecule has 3 fully saturated rings. The first-order valence-electron chi connectivity index (χ1n) is 14.3. The Morgan fingerprint density at radius 1 is 0.853 bits per heavy atom. The second-order valence-electron chi connectivity index (χ2n) is 11.4. The van der Waals surface area contributed by atoms with Gasteiger partial charge >= 0.3 is 5.97 Å². The number of nitrogens with zero attached hydrogens (tertiary/aromatic N) is 1. The highest BCUT2D eigenvalue weighted by Gasteiger charge is 2.37. The second kappa shape index (κ2) is 13.3. The fourth-order valence-corrected chi connectivity index (χ4v) is 7.26. The van der Waals surface area contributed by atoms with Gasteiger partial charge in [-0.2, -0.15) is 0 Å². The Morgan fingerprint density at radius 3 is 2.00 bits per heavy atom. The van der Waals surface area contributed by atoms with Gasteiger partial charge in [0.05, 0.1) is 6.61 Å². The number of rotatable bonds is 9. The maximum absolute atomic E-state index is 12.3. The summed E-state index contributed by atoms with van der Waals surface area (Å²) in [4.78, 5) is 15.2. The van der Waals surface area contributed by atoms with Crippen molar-refractivity contribution in [3.8, 4) is 0 Å². The molecule has 0 amide bonds. The maximum Gasteiger partial charge on any atom is 0.306 e. The zero-order valence-corrected chi connectivity index (χ0v) is 22.1. The smallest absolute Gasteiger partial charge is 0.306 e. The fourth-order valence-electron chi connectivity index (χ4n) is 7.14. The van der Waals surface area contributed by atoms with Crippen LogP contribution < -0.4 is 0 Å². The van der Waals surface area contributed by atoms with Crippen LogP contribution in [0.5, 0.6) is 0 Å². The maximum atomic E-state index is 12.3. The Balaban J connectivity index is 1.54. The third-order valence-electron chi connectivity index (χ3n) is 8.89. The zero-order valence-electron chi connectivity index (χ0n) is 21.4. The average molecular weight is 488 g/mol. The minimum absolute atomic E-state index is 0.0259. The number of benzene rings is 1. The van der Waals surface area contributed by atoms with Crippen molar-refractivity contribution in [1.29, 1.82) is 0 Å². The molecule has 4 rings (SSSR count). The van der Waals surface area contributed by atoms with E-state index in [-0.39, 0.29) is 5.97 Å². The molecule has 3 unspecified atom stereocenters. The first kappa shape index (κ1) is 26.0. The second-order valence-corrected chi connectivity index (χ2v) is 11.8. The van der Waals surface area contributed by atoms with Crippen LogP contribution in [0.4, 0.5) is 0 Å². The summed E-state index contributed by atoms with van der Waals surface area (Å²) in [5.74, 6) is 2.59. The number of carbonyl (C=O) groups is 1. The number of hydrogen-bond acceptors (Lipinski definition) is 3. The molecule has 190 valence electrons. The van der Waals surface area contributed by atoms with Gasteiger partial charge in [-0.15, -0.1) is 0 Å². The molecular formula is C30H46ClNO2. The number of hydrogen-bond donors (Lipinski definition) is 0. The number of halogens is 1. The molecule has 0 saturated heterocycles. The Kier molecular flexibility index (Phi) is 10.2. The SMILES string of the molecule is CCOC(=O)CC1CCC(N(CC2CCCCC2)CC2CCCCC2)C(c2ccc(Cl)cc2)C1. The highest BCUT2D eigenvalue weighted by molar-refractivity contribution is 6.30. The molecule has 3 saturated carbocycles. The van der Waals surface area contributed by atoms with Crippen molar-refractivity contribution in [2.24, 2.45) is 17.8 Å². The summed E-state index contributed by atoms with van der Waals surface area (Å²) in [7, 11) is 0. The summed E-state index contributed by atoms with van der Waals surface area (Å²) in [5.41, 5.74) is 1.40. The van der Waals surface area contributed by atoms with Gasteiger partial charge in [0.15, 0.2) is 0 Å². The van der Waals surface area contributed by atoms with Crippen LogP contribution in [0.25, 0.3) is 0 Å². The zero-order chi connectivity index (χ0) is 23.8. The molecule has 0 N–H and O–H groups in total. The Hall–Kier alpha value is -1.06. The lowest BCUT2D eigenvalue weighted by Gasteiger charge is -2.46. The molecule has 1 aromatic carbocycles. The summed E-state index contributed by atoms with van der Waals surface area (Å²) >= 11 is 6.27. The quantitative estimate of drug-likeness (QED) is 0.330. The van der Waals surface area contributed by atoms with E-state index < -0.39 is 0 Å². The van der Waals surface area contributed by atoms with Crippen molar-refractivity contribution in [2.75, 3.05) is 19.7 Å². The molecule has 3 nitrogen and oxygen atoms in total. The van der Waals surface area contributed by atoms with Crippen molar-refractivity contribution in [3.05, 3.63) is 34.9 Å². The van der Waals surface area contributed by atoms with Gasteiger partial charge in [-0.25, -0.2) is 0 Å². The number of ether oxygens (including phenoxy) is 1. The van der Waals surface area contributed by atoms with E-state index in [0.29, 0.717) is 30.9 Å². The van der Waals surface area contributed by atoms with Crippen LogP contribution in [0.15, 0.2) is 24.3 Å². The van der Waals surface area contributed by atoms with Gasteiger partial charge in [-0.3, -0.25) is 9.69 Å². The predicted octanol–water partition coefficient (Wildman–Crippen LogP) is 8.01. The Labute approximate surface area is 213 Å². The van der Waals surface area contributed by atoms with E-state index in [1.807, 2.05) is 6.92 Å². The molecule has 0 heterocycles. The first-order chi connectivity index (χ1) is 16.6. The van der Waals surface area contributed by atoms with Gasteiger partial charge in [-0.1, -0.05) is 62.3 Å². The first-order valence-corrected chi connectivity index (χ1v) is 14.6. The third kappa shape index (κ3) is 7.47. The molecule has 3 aliphatic rings. The monoisotopic (exact) mass is 487 g/mol. The van der Waals surface area contributed by atoms with E-state index in [1.165, 1.54) is 89.3 Å². The van der Waals surface area contributed by atoms with Crippen LogP contribution >= 0.6 is 11.6 Å². The van der Waals surface area contributed by atoms with E-state index in [1.54, 1.807) is 0 Å². The summed E-state index contributed by atoms with van der Waals surface area (Å²) in [6.45, 7) is 4.92. The molecule has 3 aliphatic carbocycles. The van der Waals surface area contributed by atoms with Crippen LogP contribution in [-0.2, 0) is 9.53 Å². The topological polar surface area (TPSA) is 29.5 Å². The van der Waals surface area contributed by atoms with Crippen LogP contribution in [0.2, 0.25) is 5.02 Å². The van der Waals surface area contributed by atoms with Gasteiger partial charge in [0.2, 0.25) is 0 Å². The van der Waals surface area contributed by atoms with Crippen molar-refractivity contribution in [3.63, 3.8) is 0 Å². The normalized spacial score (nSPS) is 27.1. The lowest BCUT2D eigenvalue weighted by atomic mass is 9.72. The lowest BCUT2D eigenvalue weighted by molar-refractivity contribution is -0.144. The van der Waals surface area contributed by atoms with E-state index in [4.69, 9.17) is 16.3 Å². The lowest BCUT2D eigenvalue weighted by Crippen LogP contribution is -2.47. The summed E-state index contributed by atoms with van der Waals surface area (Å²) in [6.07, 6.45) is 18.1. The molecule has 1 aromatic rings. The molecule has 0 bridgehead atoms. The highest BCUT2D eigenvalue weighted by Crippen LogP contribution is 2.42. The minimum atomic E-state index is -0.0259. The number of esters is 1. The van der Waals surface area contributed by atoms with Gasteiger partial charge in [-0.05, 0) is 93.2 Å². The standard InChI is InChI=1S/C30H46ClNO2/c1-2-34-30(33)20-25-13-18-29(28(19-25)26-14-16-27(31)17-15-26)32(21-23-9-5-3-6-10-23)22-24-11-7-4-8-12-24/h14-17,23-25,28-29H,2-13,18-22H2,1H3. The van der Waals surface area contributed by atoms with E-state index in [0.717, 1.165) is 29.7 Å². The molecule has 0 aliphatic heterocycles. The number of carbonyl (C=O) groups excluding carboxylic acids is 1. The van der Waals surface area contributed by atoms with Crippen molar-refractivity contribution in [2.45, 2.75) is 109 Å². The van der Waals surface area contributed by atoms with Gasteiger partial charge in [0.1, 0.15) is 0 Å². The molecular weight excluding hydrogens is 442 g/mol. The van der Waals surface area contributed by atoms with Gasteiger partial charge in [0.25, 0.3) is 0 Å². The van der Waals surface area contributed by atoms with Crippen molar-refractivity contribution < 1.29 is 9.53 Å². The summed E-state index contributed by atoms with van der Waals surface area (Å²) < 4.78 is 5.31. The summed E-state index contributed by atoms with van der Waals surface area (Å²) in [5, 5.41) is 0.806. The van der Waals surface area contributed by atoms with Crippen LogP contribution in [0, 0.1) is 17.8 Å². The minimum Gasteiger partial charge on any atom is -0.466 e. The van der Waals surface area contributed by atoms with Crippen molar-refractivity contribution >= 4 is 17.6 Å².